The summed E-state index contributed by atoms with van der Waals surface area (Å²) in [6.45, 7) is 3.41. The van der Waals surface area contributed by atoms with Crippen molar-refractivity contribution >= 4 is 0 Å². The van der Waals surface area contributed by atoms with Gasteiger partial charge >= 0.3 is 0 Å². The molecule has 0 aliphatic heterocycles. The van der Waals surface area contributed by atoms with E-state index in [-0.39, 0.29) is 6.10 Å². The lowest BCUT2D eigenvalue weighted by molar-refractivity contribution is 0.0878. The van der Waals surface area contributed by atoms with E-state index in [1.165, 1.54) is 44.9 Å². The van der Waals surface area contributed by atoms with Gasteiger partial charge in [-0.2, -0.15) is 0 Å². The molecule has 0 heterocycles. The zero-order valence-electron chi connectivity index (χ0n) is 9.97. The summed E-state index contributed by atoms with van der Waals surface area (Å²) in [6, 6.07) is 0.382. The maximum atomic E-state index is 9.85. The number of hydrogen-bond donors (Lipinski definition) is 2. The Morgan fingerprint density at radius 1 is 1.27 bits per heavy atom. The quantitative estimate of drug-likeness (QED) is 0.732. The summed E-state index contributed by atoms with van der Waals surface area (Å²) in [7, 11) is 0. The van der Waals surface area contributed by atoms with Crippen LogP contribution in [0.5, 0.6) is 0 Å². The van der Waals surface area contributed by atoms with Crippen LogP contribution in [-0.4, -0.2) is 23.8 Å². The third-order valence-corrected chi connectivity index (χ3v) is 4.21. The van der Waals surface area contributed by atoms with Crippen molar-refractivity contribution in [3.05, 3.63) is 0 Å². The van der Waals surface area contributed by atoms with Crippen molar-refractivity contribution in [2.45, 2.75) is 70.4 Å². The van der Waals surface area contributed by atoms with Crippen LogP contribution < -0.4 is 5.32 Å². The average molecular weight is 211 g/mol. The zero-order chi connectivity index (χ0) is 10.7. The van der Waals surface area contributed by atoms with Crippen LogP contribution in [0.15, 0.2) is 0 Å². The van der Waals surface area contributed by atoms with Crippen molar-refractivity contribution in [2.24, 2.45) is 5.41 Å². The second-order valence-corrected chi connectivity index (χ2v) is 5.59. The van der Waals surface area contributed by atoms with Gasteiger partial charge in [0.15, 0.2) is 0 Å². The van der Waals surface area contributed by atoms with Gasteiger partial charge in [0.2, 0.25) is 0 Å². The normalized spacial score (nSPS) is 34.0. The molecule has 0 bridgehead atoms. The predicted octanol–water partition coefficient (Wildman–Crippen LogP) is 2.46. The maximum absolute atomic E-state index is 9.85. The first-order chi connectivity index (χ1) is 7.26. The Hall–Kier alpha value is -0.0800. The minimum atomic E-state index is -0.0869. The summed E-state index contributed by atoms with van der Waals surface area (Å²) in [6.07, 6.45) is 10.0. The van der Waals surface area contributed by atoms with E-state index in [0.29, 0.717) is 11.5 Å². The molecule has 2 heteroatoms. The molecule has 15 heavy (non-hydrogen) atoms. The largest absolute Gasteiger partial charge is 0.392 e. The Kier molecular flexibility index (Phi) is 3.68. The third-order valence-electron chi connectivity index (χ3n) is 4.21. The fraction of sp³-hybridized carbons (Fsp3) is 1.00. The first kappa shape index (κ1) is 11.4. The maximum Gasteiger partial charge on any atom is 0.0693 e. The molecule has 0 unspecified atom stereocenters. The van der Waals surface area contributed by atoms with Gasteiger partial charge in [-0.3, -0.25) is 0 Å². The monoisotopic (exact) mass is 211 g/mol. The van der Waals surface area contributed by atoms with Crippen LogP contribution in [0.1, 0.15) is 58.3 Å². The summed E-state index contributed by atoms with van der Waals surface area (Å²) < 4.78 is 0. The molecular formula is C13H25NO. The number of aliphatic hydroxyl groups excluding tert-OH is 1. The van der Waals surface area contributed by atoms with E-state index in [1.54, 1.807) is 0 Å². The third kappa shape index (κ3) is 2.94. The van der Waals surface area contributed by atoms with Gasteiger partial charge in [0.1, 0.15) is 0 Å². The Morgan fingerprint density at radius 3 is 2.60 bits per heavy atom. The van der Waals surface area contributed by atoms with E-state index < -0.39 is 0 Å². The van der Waals surface area contributed by atoms with Gasteiger partial charge in [0.05, 0.1) is 6.10 Å². The summed E-state index contributed by atoms with van der Waals surface area (Å²) in [5.41, 5.74) is 0.617. The zero-order valence-corrected chi connectivity index (χ0v) is 9.97. The average Bonchev–Trinajstić information content (AvgIpc) is 2.98. The van der Waals surface area contributed by atoms with E-state index in [0.717, 1.165) is 13.0 Å². The molecule has 88 valence electrons. The SMILES string of the molecule is CCCC1(CN[C@@H]2CCCC[C@H]2O)CC1. The summed E-state index contributed by atoms with van der Waals surface area (Å²) in [5, 5.41) is 13.5. The Balaban J connectivity index is 1.72. The molecule has 0 aromatic rings. The molecule has 2 nitrogen and oxygen atoms in total. The van der Waals surface area contributed by atoms with E-state index >= 15 is 0 Å². The van der Waals surface area contributed by atoms with E-state index in [9.17, 15) is 5.11 Å². The topological polar surface area (TPSA) is 32.3 Å². The van der Waals surface area contributed by atoms with Gasteiger partial charge in [-0.15, -0.1) is 0 Å². The molecule has 2 aliphatic rings. The molecule has 2 saturated carbocycles. The first-order valence-corrected chi connectivity index (χ1v) is 6.67. The molecule has 0 aromatic carbocycles. The summed E-state index contributed by atoms with van der Waals surface area (Å²) in [5.74, 6) is 0. The lowest BCUT2D eigenvalue weighted by atomic mass is 9.91. The highest BCUT2D eigenvalue weighted by atomic mass is 16.3. The van der Waals surface area contributed by atoms with Crippen LogP contribution >= 0.6 is 0 Å². The van der Waals surface area contributed by atoms with Gasteiger partial charge < -0.3 is 10.4 Å². The molecule has 2 rings (SSSR count). The van der Waals surface area contributed by atoms with Crippen molar-refractivity contribution in [3.63, 3.8) is 0 Å². The number of hydrogen-bond acceptors (Lipinski definition) is 2. The molecule has 0 radical (unpaired) electrons. The van der Waals surface area contributed by atoms with Crippen LogP contribution in [0.4, 0.5) is 0 Å². The molecular weight excluding hydrogens is 186 g/mol. The van der Waals surface area contributed by atoms with Crippen LogP contribution in [-0.2, 0) is 0 Å². The van der Waals surface area contributed by atoms with E-state index in [1.807, 2.05) is 0 Å². The molecule has 0 amide bonds. The fourth-order valence-electron chi connectivity index (χ4n) is 2.92. The van der Waals surface area contributed by atoms with Gasteiger partial charge in [0, 0.05) is 12.6 Å². The van der Waals surface area contributed by atoms with Crippen molar-refractivity contribution in [1.29, 1.82) is 0 Å². The highest BCUT2D eigenvalue weighted by molar-refractivity contribution is 4.96. The molecule has 2 fully saturated rings. The van der Waals surface area contributed by atoms with Gasteiger partial charge in [0.25, 0.3) is 0 Å². The number of rotatable bonds is 5. The van der Waals surface area contributed by atoms with Crippen molar-refractivity contribution in [3.8, 4) is 0 Å². The van der Waals surface area contributed by atoms with Crippen LogP contribution in [0.25, 0.3) is 0 Å². The van der Waals surface area contributed by atoms with Gasteiger partial charge in [-0.25, -0.2) is 0 Å². The standard InChI is InChI=1S/C13H25NO/c1-2-7-13(8-9-13)10-14-11-5-3-4-6-12(11)15/h11-12,14-15H,2-10H2,1H3/t11-,12-/m1/s1. The molecule has 0 aromatic heterocycles. The number of nitrogens with one attached hydrogen (secondary N) is 1. The second-order valence-electron chi connectivity index (χ2n) is 5.59. The number of aliphatic hydroxyl groups is 1. The Bertz CT molecular complexity index is 201. The van der Waals surface area contributed by atoms with E-state index in [4.69, 9.17) is 0 Å². The minimum Gasteiger partial charge on any atom is -0.392 e. The molecule has 2 aliphatic carbocycles. The lowest BCUT2D eigenvalue weighted by Gasteiger charge is -2.30. The van der Waals surface area contributed by atoms with Gasteiger partial charge in [-0.05, 0) is 37.5 Å². The van der Waals surface area contributed by atoms with Crippen molar-refractivity contribution in [2.75, 3.05) is 6.54 Å². The second kappa shape index (κ2) is 4.84. The van der Waals surface area contributed by atoms with Crippen molar-refractivity contribution < 1.29 is 5.11 Å². The van der Waals surface area contributed by atoms with Crippen LogP contribution in [0.2, 0.25) is 0 Å². The lowest BCUT2D eigenvalue weighted by Crippen LogP contribution is -2.44. The van der Waals surface area contributed by atoms with Gasteiger partial charge in [-0.1, -0.05) is 26.2 Å². The fourth-order valence-corrected chi connectivity index (χ4v) is 2.92. The van der Waals surface area contributed by atoms with Crippen molar-refractivity contribution in [1.82, 2.24) is 5.32 Å². The van der Waals surface area contributed by atoms with Crippen LogP contribution in [0, 0.1) is 5.41 Å². The Morgan fingerprint density at radius 2 is 2.00 bits per heavy atom. The molecule has 2 N–H and O–H groups in total. The Labute approximate surface area is 93.5 Å². The minimum absolute atomic E-state index is 0.0869. The summed E-state index contributed by atoms with van der Waals surface area (Å²) >= 11 is 0. The smallest absolute Gasteiger partial charge is 0.0693 e. The molecule has 0 saturated heterocycles. The van der Waals surface area contributed by atoms with Crippen LogP contribution in [0.3, 0.4) is 0 Å². The highest BCUT2D eigenvalue weighted by Crippen LogP contribution is 2.49. The first-order valence-electron chi connectivity index (χ1n) is 6.67. The molecule has 2 atom stereocenters. The predicted molar refractivity (Wildman–Crippen MR) is 62.8 cm³/mol. The highest BCUT2D eigenvalue weighted by Gasteiger charge is 2.41. The summed E-state index contributed by atoms with van der Waals surface area (Å²) in [4.78, 5) is 0. The van der Waals surface area contributed by atoms with E-state index in [2.05, 4.69) is 12.2 Å². The molecule has 0 spiro atoms.